The molecule has 0 aliphatic carbocycles. The molecule has 0 radical (unpaired) electrons. The third-order valence-electron chi connectivity index (χ3n) is 7.29. The van der Waals surface area contributed by atoms with Crippen molar-refractivity contribution in [1.29, 1.82) is 0 Å². The summed E-state index contributed by atoms with van der Waals surface area (Å²) in [6.07, 6.45) is 0.531. The van der Waals surface area contributed by atoms with Crippen molar-refractivity contribution in [3.05, 3.63) is 130 Å². The number of hydrogen-bond acceptors (Lipinski definition) is 8. The first-order valence-electron chi connectivity index (χ1n) is 14.2. The fourth-order valence-electron chi connectivity index (χ4n) is 5.04. The number of thiophene rings is 1. The van der Waals surface area contributed by atoms with Crippen molar-refractivity contribution in [3.8, 4) is 5.75 Å². The van der Waals surface area contributed by atoms with Crippen molar-refractivity contribution in [1.82, 2.24) is 25.1 Å². The molecule has 1 N–H and O–H groups in total. The first kappa shape index (κ1) is 30.2. The van der Waals surface area contributed by atoms with Crippen LogP contribution < -0.4 is 10.1 Å². The van der Waals surface area contributed by atoms with Gasteiger partial charge in [-0.3, -0.25) is 9.59 Å². The fraction of sp³-hybridized carbons (Fsp3) is 0.182. The quantitative estimate of drug-likeness (QED) is 0.180. The third-order valence-corrected chi connectivity index (χ3v) is 9.16. The summed E-state index contributed by atoms with van der Waals surface area (Å²) < 4.78 is 20.9. The number of para-hydroxylation sites is 1. The van der Waals surface area contributed by atoms with E-state index in [1.54, 1.807) is 47.7 Å². The van der Waals surface area contributed by atoms with Gasteiger partial charge in [0.15, 0.2) is 11.0 Å². The van der Waals surface area contributed by atoms with Gasteiger partial charge in [-0.25, -0.2) is 9.40 Å². The molecule has 0 saturated carbocycles. The number of carbonyl (C=O) groups excluding carboxylic acids is 2. The van der Waals surface area contributed by atoms with Gasteiger partial charge >= 0.3 is 0 Å². The highest BCUT2D eigenvalue weighted by Gasteiger charge is 2.33. The number of hydrazone groups is 1. The standard InChI is InChI=1S/C33H29FN6O3S2/c1-43-28-11-6-5-10-25(28)32(42)35-19-30-36-37-33(39(30)20-22-8-3-2-4-9-22)45-21-31(41)40-27(23-13-15-24(34)16-14-23)18-26(38-40)29-12-7-17-44-29/h2-17,27H,18-21H2,1H3,(H,35,42)/t27-/m0/s1. The summed E-state index contributed by atoms with van der Waals surface area (Å²) in [6.45, 7) is 0.575. The predicted octanol–water partition coefficient (Wildman–Crippen LogP) is 5.94. The number of hydrogen-bond donors (Lipinski definition) is 1. The molecule has 9 nitrogen and oxygen atoms in total. The Labute approximate surface area is 267 Å². The van der Waals surface area contributed by atoms with Gasteiger partial charge in [0.1, 0.15) is 11.6 Å². The number of methoxy groups -OCH3 is 1. The van der Waals surface area contributed by atoms with Gasteiger partial charge in [0.05, 0.1) is 48.1 Å². The lowest BCUT2D eigenvalue weighted by atomic mass is 10.0. The number of nitrogens with zero attached hydrogens (tertiary/aromatic N) is 5. The van der Waals surface area contributed by atoms with Crippen LogP contribution in [0.1, 0.15) is 44.6 Å². The smallest absolute Gasteiger partial charge is 0.255 e. The van der Waals surface area contributed by atoms with Gasteiger partial charge in [0.2, 0.25) is 0 Å². The summed E-state index contributed by atoms with van der Waals surface area (Å²) in [5, 5.41) is 20.4. The van der Waals surface area contributed by atoms with Crippen LogP contribution in [0.15, 0.2) is 107 Å². The van der Waals surface area contributed by atoms with E-state index in [0.29, 0.717) is 35.3 Å². The Hall–Kier alpha value is -4.81. The lowest BCUT2D eigenvalue weighted by molar-refractivity contribution is -0.130. The van der Waals surface area contributed by atoms with E-state index < -0.39 is 0 Å². The molecule has 1 aliphatic heterocycles. The van der Waals surface area contributed by atoms with Gasteiger partial charge in [-0.15, -0.1) is 21.5 Å². The van der Waals surface area contributed by atoms with E-state index >= 15 is 0 Å². The van der Waals surface area contributed by atoms with Crippen LogP contribution in [0.5, 0.6) is 5.75 Å². The van der Waals surface area contributed by atoms with Gasteiger partial charge in [-0.1, -0.05) is 72.4 Å². The number of aromatic nitrogens is 3. The van der Waals surface area contributed by atoms with Crippen LogP contribution in [0, 0.1) is 5.82 Å². The summed E-state index contributed by atoms with van der Waals surface area (Å²) >= 11 is 2.82. The Bertz CT molecular complexity index is 1810. The molecule has 45 heavy (non-hydrogen) atoms. The van der Waals surface area contributed by atoms with E-state index in [-0.39, 0.29) is 36.0 Å². The second kappa shape index (κ2) is 13.9. The lowest BCUT2D eigenvalue weighted by Gasteiger charge is -2.22. The SMILES string of the molecule is COc1ccccc1C(=O)NCc1nnc(SCC(=O)N2N=C(c3cccs3)C[C@H]2c2ccc(F)cc2)n1Cc1ccccc1. The Morgan fingerprint density at radius 1 is 1.00 bits per heavy atom. The molecule has 2 aromatic heterocycles. The molecule has 12 heteroatoms. The van der Waals surface area contributed by atoms with E-state index in [2.05, 4.69) is 15.5 Å². The van der Waals surface area contributed by atoms with Crippen LogP contribution in [0.4, 0.5) is 4.39 Å². The van der Waals surface area contributed by atoms with Gasteiger partial charge < -0.3 is 14.6 Å². The van der Waals surface area contributed by atoms with Crippen molar-refractivity contribution in [2.75, 3.05) is 12.9 Å². The minimum atomic E-state index is -0.348. The van der Waals surface area contributed by atoms with Crippen molar-refractivity contribution >= 4 is 40.6 Å². The summed E-state index contributed by atoms with van der Waals surface area (Å²) in [7, 11) is 1.52. The minimum Gasteiger partial charge on any atom is -0.496 e. The molecule has 1 aliphatic rings. The molecule has 3 aromatic carbocycles. The van der Waals surface area contributed by atoms with E-state index in [9.17, 15) is 14.0 Å². The maximum atomic E-state index is 13.7. The highest BCUT2D eigenvalue weighted by atomic mass is 32.2. The molecular weight excluding hydrogens is 612 g/mol. The van der Waals surface area contributed by atoms with Crippen molar-refractivity contribution < 1.29 is 18.7 Å². The molecule has 0 bridgehead atoms. The number of amides is 2. The average Bonchev–Trinajstić information content (AvgIpc) is 3.84. The predicted molar refractivity (Wildman–Crippen MR) is 172 cm³/mol. The molecule has 0 fully saturated rings. The first-order chi connectivity index (χ1) is 22.0. The molecule has 1 atom stereocenters. The largest absolute Gasteiger partial charge is 0.496 e. The zero-order valence-corrected chi connectivity index (χ0v) is 25.9. The molecule has 6 rings (SSSR count). The Kier molecular flexibility index (Phi) is 9.32. The van der Waals surface area contributed by atoms with E-state index in [0.717, 1.165) is 21.7 Å². The van der Waals surface area contributed by atoms with Gasteiger partial charge in [-0.2, -0.15) is 5.10 Å². The molecule has 5 aromatic rings. The van der Waals surface area contributed by atoms with E-state index in [1.165, 1.54) is 36.0 Å². The molecule has 3 heterocycles. The normalized spacial score (nSPS) is 14.3. The number of nitrogens with one attached hydrogen (secondary N) is 1. The first-order valence-corrected chi connectivity index (χ1v) is 16.1. The minimum absolute atomic E-state index is 0.0550. The highest BCUT2D eigenvalue weighted by Crippen LogP contribution is 2.35. The summed E-state index contributed by atoms with van der Waals surface area (Å²) in [5.74, 6) is 0.228. The number of thioether (sulfide) groups is 1. The van der Waals surface area contributed by atoms with Crippen LogP contribution in [0.25, 0.3) is 0 Å². The molecular formula is C33H29FN6O3S2. The molecule has 228 valence electrons. The lowest BCUT2D eigenvalue weighted by Crippen LogP contribution is -2.28. The van der Waals surface area contributed by atoms with Crippen molar-refractivity contribution in [2.24, 2.45) is 5.10 Å². The van der Waals surface area contributed by atoms with E-state index in [1.807, 2.05) is 52.4 Å². The molecule has 2 amide bonds. The van der Waals surface area contributed by atoms with Gasteiger partial charge in [0.25, 0.3) is 11.8 Å². The second-order valence-electron chi connectivity index (χ2n) is 10.2. The van der Waals surface area contributed by atoms with Gasteiger partial charge in [-0.05, 0) is 46.8 Å². The number of benzene rings is 3. The summed E-state index contributed by atoms with van der Waals surface area (Å²) in [6, 6.07) is 26.6. The zero-order chi connectivity index (χ0) is 31.2. The van der Waals surface area contributed by atoms with Crippen LogP contribution in [0.3, 0.4) is 0 Å². The summed E-state index contributed by atoms with van der Waals surface area (Å²) in [5.41, 5.74) is 3.06. The number of carbonyl (C=O) groups is 2. The van der Waals surface area contributed by atoms with Crippen LogP contribution in [0.2, 0.25) is 0 Å². The summed E-state index contributed by atoms with van der Waals surface area (Å²) in [4.78, 5) is 27.7. The fourth-order valence-corrected chi connectivity index (χ4v) is 6.57. The Morgan fingerprint density at radius 3 is 2.53 bits per heavy atom. The average molecular weight is 641 g/mol. The molecule has 0 saturated heterocycles. The third kappa shape index (κ3) is 6.97. The molecule has 0 unspecified atom stereocenters. The Balaban J connectivity index is 1.21. The second-order valence-corrected chi connectivity index (χ2v) is 12.1. The zero-order valence-electron chi connectivity index (χ0n) is 24.3. The number of halogens is 1. The van der Waals surface area contributed by atoms with E-state index in [4.69, 9.17) is 9.84 Å². The van der Waals surface area contributed by atoms with Crippen molar-refractivity contribution in [3.63, 3.8) is 0 Å². The van der Waals surface area contributed by atoms with Crippen LogP contribution in [-0.2, 0) is 17.9 Å². The Morgan fingerprint density at radius 2 is 1.78 bits per heavy atom. The topological polar surface area (TPSA) is 102 Å². The molecule has 0 spiro atoms. The number of rotatable bonds is 11. The van der Waals surface area contributed by atoms with Crippen LogP contribution in [-0.4, -0.2) is 50.2 Å². The van der Waals surface area contributed by atoms with Gasteiger partial charge in [0, 0.05) is 6.42 Å². The van der Waals surface area contributed by atoms with Crippen LogP contribution >= 0.6 is 23.1 Å². The highest BCUT2D eigenvalue weighted by molar-refractivity contribution is 7.99. The monoisotopic (exact) mass is 640 g/mol. The number of ether oxygens (including phenoxy) is 1. The maximum absolute atomic E-state index is 13.7. The maximum Gasteiger partial charge on any atom is 0.255 e. The van der Waals surface area contributed by atoms with Crippen molar-refractivity contribution in [2.45, 2.75) is 30.7 Å².